The van der Waals surface area contributed by atoms with E-state index >= 15 is 0 Å². The van der Waals surface area contributed by atoms with Crippen molar-refractivity contribution < 1.29 is 23.4 Å². The summed E-state index contributed by atoms with van der Waals surface area (Å²) < 4.78 is 31.3. The van der Waals surface area contributed by atoms with Gasteiger partial charge in [0, 0.05) is 11.6 Å². The normalized spacial score (nSPS) is 11.2. The lowest BCUT2D eigenvalue weighted by Crippen LogP contribution is -2.27. The molecule has 1 rings (SSSR count). The van der Waals surface area contributed by atoms with E-state index in [4.69, 9.17) is 9.84 Å². The van der Waals surface area contributed by atoms with Gasteiger partial charge in [0.15, 0.2) is 0 Å². The summed E-state index contributed by atoms with van der Waals surface area (Å²) in [5.74, 6) is -1.78. The quantitative estimate of drug-likeness (QED) is 0.858. The molecule has 0 radical (unpaired) electrons. The molecule has 0 bridgehead atoms. The molecule has 0 atom stereocenters. The van der Waals surface area contributed by atoms with E-state index in [1.165, 1.54) is 0 Å². The topological polar surface area (TPSA) is 58.6 Å². The van der Waals surface area contributed by atoms with Crippen molar-refractivity contribution in [3.63, 3.8) is 0 Å². The summed E-state index contributed by atoms with van der Waals surface area (Å²) in [6.07, 6.45) is -0.845. The van der Waals surface area contributed by atoms with E-state index < -0.39 is 29.9 Å². The number of carbonyl (C=O) groups is 1. The van der Waals surface area contributed by atoms with Gasteiger partial charge in [-0.15, -0.1) is 0 Å². The molecule has 0 aliphatic carbocycles. The highest BCUT2D eigenvalue weighted by Crippen LogP contribution is 2.22. The molecule has 2 N–H and O–H groups in total. The van der Waals surface area contributed by atoms with Crippen molar-refractivity contribution in [2.45, 2.75) is 33.0 Å². The largest absolute Gasteiger partial charge is 0.444 e. The number of nitrogens with one attached hydrogen (secondary N) is 1. The third-order valence-electron chi connectivity index (χ3n) is 1.95. The Hall–Kier alpha value is -1.69. The molecule has 18 heavy (non-hydrogen) atoms. The fraction of sp³-hybridized carbons (Fsp3) is 0.417. The maximum atomic E-state index is 13.3. The number of hydrogen-bond donors (Lipinski definition) is 2. The van der Waals surface area contributed by atoms with E-state index in [1.807, 2.05) is 0 Å². The highest BCUT2D eigenvalue weighted by Gasteiger charge is 2.18. The maximum Gasteiger partial charge on any atom is 0.412 e. The molecule has 6 heteroatoms. The third kappa shape index (κ3) is 3.96. The Labute approximate surface area is 104 Å². The molecule has 0 aliphatic rings. The van der Waals surface area contributed by atoms with Crippen LogP contribution in [0, 0.1) is 11.6 Å². The SMILES string of the molecule is CC(C)(C)OC(=O)Nc1cc(F)cc(F)c1CO. The Morgan fingerprint density at radius 2 is 2.00 bits per heavy atom. The molecule has 1 amide bonds. The first kappa shape index (κ1) is 14.4. The van der Waals surface area contributed by atoms with Crippen LogP contribution in [0.1, 0.15) is 26.3 Å². The summed E-state index contributed by atoms with van der Waals surface area (Å²) >= 11 is 0. The minimum atomic E-state index is -0.927. The highest BCUT2D eigenvalue weighted by atomic mass is 19.1. The van der Waals surface area contributed by atoms with Crippen molar-refractivity contribution in [2.75, 3.05) is 5.32 Å². The van der Waals surface area contributed by atoms with E-state index in [2.05, 4.69) is 5.32 Å². The second kappa shape index (κ2) is 5.30. The second-order valence-corrected chi connectivity index (χ2v) is 4.70. The zero-order valence-electron chi connectivity index (χ0n) is 10.4. The van der Waals surface area contributed by atoms with E-state index in [1.54, 1.807) is 20.8 Å². The van der Waals surface area contributed by atoms with Gasteiger partial charge in [-0.05, 0) is 26.8 Å². The number of hydrogen-bond acceptors (Lipinski definition) is 3. The average molecular weight is 259 g/mol. The fourth-order valence-corrected chi connectivity index (χ4v) is 1.29. The molecular formula is C12H15F2NO3. The van der Waals surface area contributed by atoms with Crippen molar-refractivity contribution in [2.24, 2.45) is 0 Å². The van der Waals surface area contributed by atoms with E-state index in [0.29, 0.717) is 6.07 Å². The van der Waals surface area contributed by atoms with Crippen LogP contribution in [-0.2, 0) is 11.3 Å². The fourth-order valence-electron chi connectivity index (χ4n) is 1.29. The molecule has 1 aromatic rings. The van der Waals surface area contributed by atoms with Gasteiger partial charge in [-0.2, -0.15) is 0 Å². The van der Waals surface area contributed by atoms with Gasteiger partial charge in [-0.25, -0.2) is 13.6 Å². The van der Waals surface area contributed by atoms with Crippen molar-refractivity contribution in [3.05, 3.63) is 29.3 Å². The number of rotatable bonds is 2. The number of amides is 1. The first-order valence-corrected chi connectivity index (χ1v) is 5.31. The maximum absolute atomic E-state index is 13.3. The van der Waals surface area contributed by atoms with Crippen LogP contribution in [0.15, 0.2) is 12.1 Å². The number of ether oxygens (including phenoxy) is 1. The summed E-state index contributed by atoms with van der Waals surface area (Å²) in [4.78, 5) is 11.5. The van der Waals surface area contributed by atoms with Crippen LogP contribution in [0.4, 0.5) is 19.3 Å². The number of anilines is 1. The van der Waals surface area contributed by atoms with Gasteiger partial charge in [0.25, 0.3) is 0 Å². The Kier molecular flexibility index (Phi) is 4.24. The summed E-state index contributed by atoms with van der Waals surface area (Å²) in [6.45, 7) is 4.32. The highest BCUT2D eigenvalue weighted by molar-refractivity contribution is 5.86. The lowest BCUT2D eigenvalue weighted by Gasteiger charge is -2.20. The molecule has 0 saturated carbocycles. The van der Waals surface area contributed by atoms with E-state index in [9.17, 15) is 13.6 Å². The molecule has 4 nitrogen and oxygen atoms in total. The molecule has 0 spiro atoms. The minimum absolute atomic E-state index is 0.149. The molecule has 0 aromatic heterocycles. The first-order valence-electron chi connectivity index (χ1n) is 5.31. The molecular weight excluding hydrogens is 244 g/mol. The van der Waals surface area contributed by atoms with Gasteiger partial charge in [-0.1, -0.05) is 0 Å². The monoisotopic (exact) mass is 259 g/mol. The Balaban J connectivity index is 2.93. The van der Waals surface area contributed by atoms with Crippen molar-refractivity contribution in [1.29, 1.82) is 0 Å². The summed E-state index contributed by atoms with van der Waals surface area (Å²) in [5.41, 5.74) is -1.07. The van der Waals surface area contributed by atoms with Crippen LogP contribution in [0.25, 0.3) is 0 Å². The zero-order valence-corrected chi connectivity index (χ0v) is 10.4. The lowest BCUT2D eigenvalue weighted by molar-refractivity contribution is 0.0635. The first-order chi connectivity index (χ1) is 8.23. The van der Waals surface area contributed by atoms with Crippen molar-refractivity contribution in [3.8, 4) is 0 Å². The van der Waals surface area contributed by atoms with Gasteiger partial charge in [0.05, 0.1) is 12.3 Å². The van der Waals surface area contributed by atoms with Gasteiger partial charge < -0.3 is 9.84 Å². The number of aliphatic hydroxyl groups is 1. The third-order valence-corrected chi connectivity index (χ3v) is 1.95. The summed E-state index contributed by atoms with van der Waals surface area (Å²) in [5, 5.41) is 11.2. The van der Waals surface area contributed by atoms with Gasteiger partial charge in [-0.3, -0.25) is 5.32 Å². The van der Waals surface area contributed by atoms with Crippen molar-refractivity contribution in [1.82, 2.24) is 0 Å². The molecule has 0 heterocycles. The van der Waals surface area contributed by atoms with E-state index in [-0.39, 0.29) is 11.3 Å². The van der Waals surface area contributed by atoms with Crippen molar-refractivity contribution >= 4 is 11.8 Å². The van der Waals surface area contributed by atoms with Crippen LogP contribution in [-0.4, -0.2) is 16.8 Å². The van der Waals surface area contributed by atoms with Crippen LogP contribution in [0.2, 0.25) is 0 Å². The molecule has 0 saturated heterocycles. The predicted molar refractivity (Wildman–Crippen MR) is 62.1 cm³/mol. The van der Waals surface area contributed by atoms with E-state index in [0.717, 1.165) is 6.07 Å². The molecule has 100 valence electrons. The minimum Gasteiger partial charge on any atom is -0.444 e. The second-order valence-electron chi connectivity index (χ2n) is 4.70. The molecule has 0 aliphatic heterocycles. The van der Waals surface area contributed by atoms with Gasteiger partial charge in [0.1, 0.15) is 17.2 Å². The number of benzene rings is 1. The number of halogens is 2. The summed E-state index contributed by atoms with van der Waals surface area (Å²) in [6, 6.07) is 1.55. The van der Waals surface area contributed by atoms with Gasteiger partial charge >= 0.3 is 6.09 Å². The summed E-state index contributed by atoms with van der Waals surface area (Å²) in [7, 11) is 0. The molecule has 0 unspecified atom stereocenters. The van der Waals surface area contributed by atoms with Crippen LogP contribution in [0.5, 0.6) is 0 Å². The Bertz CT molecular complexity index is 455. The lowest BCUT2D eigenvalue weighted by atomic mass is 10.1. The Morgan fingerprint density at radius 1 is 1.39 bits per heavy atom. The van der Waals surface area contributed by atoms with Crippen LogP contribution < -0.4 is 5.32 Å². The predicted octanol–water partition coefficient (Wildman–Crippen LogP) is 2.80. The van der Waals surface area contributed by atoms with Gasteiger partial charge in [0.2, 0.25) is 0 Å². The smallest absolute Gasteiger partial charge is 0.412 e. The van der Waals surface area contributed by atoms with Crippen LogP contribution in [0.3, 0.4) is 0 Å². The number of carbonyl (C=O) groups excluding carboxylic acids is 1. The standard InChI is InChI=1S/C12H15F2NO3/c1-12(2,3)18-11(17)15-10-5-7(13)4-9(14)8(10)6-16/h4-5,16H,6H2,1-3H3,(H,15,17). The van der Waals surface area contributed by atoms with Crippen LogP contribution >= 0.6 is 0 Å². The Morgan fingerprint density at radius 3 is 2.50 bits per heavy atom. The molecule has 1 aromatic carbocycles. The zero-order chi connectivity index (χ0) is 13.9. The molecule has 0 fully saturated rings. The average Bonchev–Trinajstić information content (AvgIpc) is 2.13. The number of aliphatic hydroxyl groups excluding tert-OH is 1.